The summed E-state index contributed by atoms with van der Waals surface area (Å²) in [5.41, 5.74) is 10.8. The Hall–Kier alpha value is -7.86. The van der Waals surface area contributed by atoms with Gasteiger partial charge < -0.3 is 14.1 Å². The number of pyridine rings is 1. The van der Waals surface area contributed by atoms with Crippen LogP contribution in [-0.4, -0.2) is 33.1 Å². The fraction of sp³-hybridized carbons (Fsp3) is 0.148. The van der Waals surface area contributed by atoms with Crippen molar-refractivity contribution in [2.45, 2.75) is 57.8 Å². The first-order valence-corrected chi connectivity index (χ1v) is 25.7. The van der Waals surface area contributed by atoms with E-state index in [2.05, 4.69) is 17.1 Å². The quantitative estimate of drug-likeness (QED) is 0.0511. The van der Waals surface area contributed by atoms with E-state index in [4.69, 9.17) is 32.4 Å². The number of carbonyl (C=O) groups excluding carboxylic acids is 1. The molecule has 0 amide bonds. The van der Waals surface area contributed by atoms with Gasteiger partial charge in [0.1, 0.15) is 16.9 Å². The molecule has 0 unspecified atom stereocenters. The average Bonchev–Trinajstić information content (AvgIpc) is 3.89. The molecule has 1 aliphatic heterocycles. The molecule has 0 spiro atoms. The Balaban J connectivity index is 0.778. The molecular weight excluding hydrogens is 974 g/mol. The molecule has 0 saturated carbocycles. The molecule has 10 aromatic rings. The number of aromatic amines is 1. The number of esters is 1. The molecule has 362 valence electrons. The van der Waals surface area contributed by atoms with Crippen molar-refractivity contribution in [1.82, 2.24) is 9.55 Å². The maximum absolute atomic E-state index is 15.8. The van der Waals surface area contributed by atoms with Crippen LogP contribution < -0.4 is 15.9 Å². The Kier molecular flexibility index (Phi) is 11.3. The summed E-state index contributed by atoms with van der Waals surface area (Å²) < 4.78 is 46.0. The van der Waals surface area contributed by atoms with Crippen LogP contribution in [0.1, 0.15) is 71.2 Å². The number of rotatable bonds is 9. The van der Waals surface area contributed by atoms with E-state index in [-0.39, 0.29) is 27.9 Å². The monoisotopic (exact) mass is 1020 g/mol. The molecule has 4 heterocycles. The van der Waals surface area contributed by atoms with E-state index in [1.807, 2.05) is 91.0 Å². The van der Waals surface area contributed by atoms with Gasteiger partial charge in [-0.3, -0.25) is 14.4 Å². The van der Waals surface area contributed by atoms with Gasteiger partial charge in [-0.05, 0) is 128 Å². The van der Waals surface area contributed by atoms with Gasteiger partial charge in [0.05, 0.1) is 27.0 Å². The van der Waals surface area contributed by atoms with Crippen molar-refractivity contribution in [3.8, 4) is 22.7 Å². The first-order valence-electron chi connectivity index (χ1n) is 24.9. The zero-order valence-electron chi connectivity index (χ0n) is 39.7. The molecule has 13 heteroatoms. The van der Waals surface area contributed by atoms with E-state index in [9.17, 15) is 14.4 Å². The van der Waals surface area contributed by atoms with E-state index in [1.165, 1.54) is 22.3 Å². The largest absolute Gasteiger partial charge is 0.935 e. The van der Waals surface area contributed by atoms with Gasteiger partial charge in [-0.15, -0.1) is 0 Å². The zero-order valence-corrected chi connectivity index (χ0v) is 41.3. The summed E-state index contributed by atoms with van der Waals surface area (Å²) in [4.78, 5) is 45.2. The number of ether oxygens (including phenoxy) is 1. The van der Waals surface area contributed by atoms with Crippen molar-refractivity contribution in [2.24, 2.45) is 0 Å². The maximum atomic E-state index is 15.8. The van der Waals surface area contributed by atoms with Gasteiger partial charge >= 0.3 is 13.4 Å². The van der Waals surface area contributed by atoms with Gasteiger partial charge in [-0.25, -0.2) is 17.7 Å². The summed E-state index contributed by atoms with van der Waals surface area (Å²) in [5.74, 6) is -0.388. The second-order valence-corrected chi connectivity index (χ2v) is 20.2. The van der Waals surface area contributed by atoms with Gasteiger partial charge in [0, 0.05) is 79.5 Å². The summed E-state index contributed by atoms with van der Waals surface area (Å²) in [6, 6.07) is 43.1. The van der Waals surface area contributed by atoms with E-state index < -0.39 is 24.5 Å². The van der Waals surface area contributed by atoms with E-state index in [0.29, 0.717) is 69.2 Å². The van der Waals surface area contributed by atoms with Crippen molar-refractivity contribution in [3.05, 3.63) is 227 Å². The Morgan fingerprint density at radius 1 is 0.689 bits per heavy atom. The Labute approximate surface area is 433 Å². The van der Waals surface area contributed by atoms with Crippen LogP contribution in [0.4, 0.5) is 8.63 Å². The lowest BCUT2D eigenvalue weighted by Crippen LogP contribution is -2.31. The molecule has 2 aliphatic carbocycles. The smallest absolute Gasteiger partial charge is 0.456 e. The third-order valence-corrected chi connectivity index (χ3v) is 15.6. The summed E-state index contributed by atoms with van der Waals surface area (Å²) in [7, 11) is -2.90. The highest BCUT2D eigenvalue weighted by Crippen LogP contribution is 2.45. The fourth-order valence-electron chi connectivity index (χ4n) is 11.7. The molecule has 0 fully saturated rings. The minimum absolute atomic E-state index is 0.0581. The molecular formula is C61H43BCl2F2N3O5+. The third-order valence-electron chi connectivity index (χ3n) is 15.0. The van der Waals surface area contributed by atoms with E-state index in [0.717, 1.165) is 97.4 Å². The first-order chi connectivity index (χ1) is 36.1. The Bertz CT molecular complexity index is 4170. The highest BCUT2D eigenvalue weighted by Gasteiger charge is 2.48. The van der Waals surface area contributed by atoms with Crippen molar-refractivity contribution >= 4 is 91.3 Å². The van der Waals surface area contributed by atoms with Gasteiger partial charge in [0.2, 0.25) is 0 Å². The predicted octanol–water partition coefficient (Wildman–Crippen LogP) is 14.0. The lowest BCUT2D eigenvalue weighted by atomic mass is 9.96. The van der Waals surface area contributed by atoms with Gasteiger partial charge in [-0.2, -0.15) is 0 Å². The number of hydrogen-bond acceptors (Lipinski definition) is 5. The van der Waals surface area contributed by atoms with Crippen molar-refractivity contribution < 1.29 is 27.1 Å². The molecule has 3 aliphatic rings. The number of allylic oxidation sites excluding steroid dienone is 2. The molecule has 1 N–H and O–H groups in total. The van der Waals surface area contributed by atoms with Crippen molar-refractivity contribution in [2.75, 3.05) is 0 Å². The normalized spacial score (nSPS) is 14.9. The number of carbonyl (C=O) groups is 1. The molecule has 0 bridgehead atoms. The van der Waals surface area contributed by atoms with Gasteiger partial charge in [0.15, 0.2) is 11.4 Å². The van der Waals surface area contributed by atoms with Crippen LogP contribution in [0.5, 0.6) is 5.75 Å². The molecule has 3 aromatic heterocycles. The number of benzene rings is 7. The van der Waals surface area contributed by atoms with Crippen LogP contribution in [0.2, 0.25) is 10.0 Å². The summed E-state index contributed by atoms with van der Waals surface area (Å²) in [6.07, 6.45) is 7.69. The third kappa shape index (κ3) is 7.63. The van der Waals surface area contributed by atoms with Crippen molar-refractivity contribution in [1.29, 1.82) is 0 Å². The molecule has 13 rings (SSSR count). The van der Waals surface area contributed by atoms with Crippen LogP contribution in [0, 0.1) is 0 Å². The number of aromatic nitrogens is 2. The van der Waals surface area contributed by atoms with E-state index >= 15 is 8.63 Å². The minimum atomic E-state index is -2.90. The molecule has 8 nitrogen and oxygen atoms in total. The number of para-hydroxylation sites is 1. The molecule has 0 saturated heterocycles. The number of fused-ring (bicyclic) bond motifs is 8. The van der Waals surface area contributed by atoms with Gasteiger partial charge in [0.25, 0.3) is 11.1 Å². The van der Waals surface area contributed by atoms with Crippen molar-refractivity contribution in [3.63, 3.8) is 0 Å². The SMILES string of the molecule is O=C(CCCc1ccc(-n2c(=O)c3ccc4oc5ccccc5c5ccc(c2=O)c3c45)cc1)Oc1cc(Cl)c(/C(=C2\C=C3CCCc4ccccc4C3=[N+]2B(F)F)c2cc3c([nH]2)-c2ccccc2CCC3)c(Cl)c1. The summed E-state index contributed by atoms with van der Waals surface area (Å²) >= 11 is 14.4. The van der Waals surface area contributed by atoms with Crippen LogP contribution in [-0.2, 0) is 30.5 Å². The van der Waals surface area contributed by atoms with E-state index in [1.54, 1.807) is 30.3 Å². The molecule has 7 aromatic carbocycles. The predicted molar refractivity (Wildman–Crippen MR) is 291 cm³/mol. The highest BCUT2D eigenvalue weighted by atomic mass is 35.5. The molecule has 74 heavy (non-hydrogen) atoms. The maximum Gasteiger partial charge on any atom is 0.935 e. The van der Waals surface area contributed by atoms with Crippen LogP contribution in [0.15, 0.2) is 171 Å². The number of H-pyrrole nitrogens is 1. The van der Waals surface area contributed by atoms with Gasteiger partial charge in [-0.1, -0.05) is 102 Å². The average molecular weight is 1020 g/mol. The topological polar surface area (TPSA) is 97.3 Å². The first kappa shape index (κ1) is 46.0. The standard InChI is InChI=1S/C61H42BCl2F2N3O5/c63-47-32-40(73-53(70)21-7-10-34-22-24-39(25-23-34)68-60(71)45-27-26-44-43-19-5-6-20-51(43)74-52-29-28-46(61(68)72)54(45)55(44)52)33-48(64)56(47)57(49-30-37-15-8-13-35-11-1-3-17-41(35)58(37)67-49)50-31-38-16-9-14-36-12-2-4-18-42(36)59(38)69(50)62(65)66/h1-6,11-12,17-20,22-33H,7-10,13-16,21H2/p+1. The van der Waals surface area contributed by atoms with Crippen LogP contribution >= 0.6 is 23.2 Å². The fourth-order valence-corrected chi connectivity index (χ4v) is 12.4. The number of nitrogens with zero attached hydrogens (tertiary/aromatic N) is 2. The molecule has 0 atom stereocenters. The lowest BCUT2D eigenvalue weighted by Gasteiger charge is -2.15. The van der Waals surface area contributed by atoms with Crippen LogP contribution in [0.3, 0.4) is 0 Å². The highest BCUT2D eigenvalue weighted by molar-refractivity contribution is 6.39. The summed E-state index contributed by atoms with van der Waals surface area (Å²) in [6.45, 7) is 0. The Morgan fingerprint density at radius 3 is 2.09 bits per heavy atom. The Morgan fingerprint density at radius 2 is 1.34 bits per heavy atom. The molecule has 0 radical (unpaired) electrons. The number of halogens is 4. The second-order valence-electron chi connectivity index (χ2n) is 19.4. The number of nitrogens with one attached hydrogen (secondary N) is 1. The number of hydrogen-bond donors (Lipinski definition) is 1. The lowest BCUT2D eigenvalue weighted by molar-refractivity contribution is -0.340. The zero-order chi connectivity index (χ0) is 50.4. The summed E-state index contributed by atoms with van der Waals surface area (Å²) in [5, 5.41) is 4.25. The minimum Gasteiger partial charge on any atom is -0.456 e. The number of aryl methyl sites for hydroxylation is 4. The van der Waals surface area contributed by atoms with Crippen LogP contribution in [0.25, 0.3) is 66.0 Å². The second kappa shape index (κ2) is 18.3.